The standard InChI is InChI=1S/C17H19NO6/c1-22-13-9-11(10-14-16(13)24-8-7-23-14)4-5-15(19)18-6-2-3-12(18)17(20)21/h4-5,9-10,12H,2-3,6-8H2,1H3,(H,20,21)/b5-4+. The number of rotatable bonds is 4. The maximum atomic E-state index is 12.3. The van der Waals surface area contributed by atoms with Gasteiger partial charge in [0, 0.05) is 12.6 Å². The van der Waals surface area contributed by atoms with Gasteiger partial charge < -0.3 is 24.2 Å². The number of aliphatic carboxylic acids is 1. The van der Waals surface area contributed by atoms with Crippen LogP contribution in [0.5, 0.6) is 17.2 Å². The van der Waals surface area contributed by atoms with Crippen LogP contribution in [0.1, 0.15) is 18.4 Å². The molecule has 0 spiro atoms. The molecule has 7 nitrogen and oxygen atoms in total. The lowest BCUT2D eigenvalue weighted by atomic mass is 10.1. The van der Waals surface area contributed by atoms with Crippen LogP contribution in [-0.4, -0.2) is 54.8 Å². The summed E-state index contributed by atoms with van der Waals surface area (Å²) >= 11 is 0. The average Bonchev–Trinajstić information content (AvgIpc) is 3.09. The zero-order valence-electron chi connectivity index (χ0n) is 13.4. The molecule has 2 aliphatic rings. The maximum Gasteiger partial charge on any atom is 0.326 e. The average molecular weight is 333 g/mol. The predicted molar refractivity (Wildman–Crippen MR) is 85.4 cm³/mol. The lowest BCUT2D eigenvalue weighted by Crippen LogP contribution is -2.39. The maximum absolute atomic E-state index is 12.3. The minimum Gasteiger partial charge on any atom is -0.493 e. The highest BCUT2D eigenvalue weighted by Gasteiger charge is 2.32. The number of likely N-dealkylation sites (tertiary alicyclic amines) is 1. The van der Waals surface area contributed by atoms with Crippen LogP contribution >= 0.6 is 0 Å². The highest BCUT2D eigenvalue weighted by molar-refractivity contribution is 5.95. The molecule has 2 heterocycles. The first-order chi connectivity index (χ1) is 11.6. The van der Waals surface area contributed by atoms with Crippen molar-refractivity contribution in [1.29, 1.82) is 0 Å². The van der Waals surface area contributed by atoms with Crippen molar-refractivity contribution in [2.24, 2.45) is 0 Å². The van der Waals surface area contributed by atoms with Crippen molar-refractivity contribution < 1.29 is 28.9 Å². The molecule has 0 aromatic heterocycles. The lowest BCUT2D eigenvalue weighted by Gasteiger charge is -2.21. The zero-order chi connectivity index (χ0) is 17.1. The van der Waals surface area contributed by atoms with Gasteiger partial charge >= 0.3 is 5.97 Å². The molecule has 0 saturated carbocycles. The normalized spacial score (nSPS) is 19.5. The number of fused-ring (bicyclic) bond motifs is 1. The lowest BCUT2D eigenvalue weighted by molar-refractivity contribution is -0.146. The van der Waals surface area contributed by atoms with Crippen LogP contribution in [0.25, 0.3) is 6.08 Å². The summed E-state index contributed by atoms with van der Waals surface area (Å²) in [6.07, 6.45) is 4.20. The van der Waals surface area contributed by atoms with E-state index in [0.717, 1.165) is 5.56 Å². The molecule has 1 N–H and O–H groups in total. The largest absolute Gasteiger partial charge is 0.493 e. The molecule has 1 fully saturated rings. The van der Waals surface area contributed by atoms with E-state index in [0.29, 0.717) is 49.8 Å². The number of nitrogens with zero attached hydrogens (tertiary/aromatic N) is 1. The Morgan fingerprint density at radius 1 is 1.33 bits per heavy atom. The van der Waals surface area contributed by atoms with Gasteiger partial charge in [0.25, 0.3) is 0 Å². The summed E-state index contributed by atoms with van der Waals surface area (Å²) in [5, 5.41) is 9.15. The first-order valence-corrected chi connectivity index (χ1v) is 7.79. The summed E-state index contributed by atoms with van der Waals surface area (Å²) < 4.78 is 16.4. The Morgan fingerprint density at radius 2 is 2.12 bits per heavy atom. The van der Waals surface area contributed by atoms with Crippen molar-refractivity contribution in [1.82, 2.24) is 4.90 Å². The minimum absolute atomic E-state index is 0.311. The summed E-state index contributed by atoms with van der Waals surface area (Å²) in [4.78, 5) is 24.8. The smallest absolute Gasteiger partial charge is 0.326 e. The van der Waals surface area contributed by atoms with E-state index in [9.17, 15) is 9.59 Å². The number of carboxylic acid groups (broad SMARTS) is 1. The monoisotopic (exact) mass is 333 g/mol. The number of hydrogen-bond acceptors (Lipinski definition) is 5. The molecule has 128 valence electrons. The van der Waals surface area contributed by atoms with E-state index in [1.54, 1.807) is 18.2 Å². The van der Waals surface area contributed by atoms with Gasteiger partial charge in [0.2, 0.25) is 11.7 Å². The summed E-state index contributed by atoms with van der Waals surface area (Å²) in [7, 11) is 1.54. The number of hydrogen-bond donors (Lipinski definition) is 1. The van der Waals surface area contributed by atoms with Crippen molar-refractivity contribution in [3.05, 3.63) is 23.8 Å². The topological polar surface area (TPSA) is 85.3 Å². The Morgan fingerprint density at radius 3 is 2.88 bits per heavy atom. The number of carbonyl (C=O) groups excluding carboxylic acids is 1. The minimum atomic E-state index is -0.963. The highest BCUT2D eigenvalue weighted by Crippen LogP contribution is 2.40. The molecule has 3 rings (SSSR count). The van der Waals surface area contributed by atoms with Gasteiger partial charge in [-0.15, -0.1) is 0 Å². The van der Waals surface area contributed by atoms with E-state index in [2.05, 4.69) is 0 Å². The summed E-state index contributed by atoms with van der Waals surface area (Å²) in [5.41, 5.74) is 0.718. The van der Waals surface area contributed by atoms with Crippen molar-refractivity contribution in [3.8, 4) is 17.2 Å². The van der Waals surface area contributed by atoms with E-state index in [1.807, 2.05) is 0 Å². The molecule has 1 aromatic rings. The van der Waals surface area contributed by atoms with Crippen molar-refractivity contribution in [2.45, 2.75) is 18.9 Å². The molecule has 1 aromatic carbocycles. The Hall–Kier alpha value is -2.70. The molecule has 0 aliphatic carbocycles. The van der Waals surface area contributed by atoms with Crippen LogP contribution in [0.15, 0.2) is 18.2 Å². The van der Waals surface area contributed by atoms with Crippen LogP contribution in [0.4, 0.5) is 0 Å². The summed E-state index contributed by atoms with van der Waals surface area (Å²) in [5.74, 6) is 0.378. The van der Waals surface area contributed by atoms with E-state index in [1.165, 1.54) is 18.1 Å². The van der Waals surface area contributed by atoms with Gasteiger partial charge in [-0.05, 0) is 36.6 Å². The van der Waals surface area contributed by atoms with Gasteiger partial charge in [-0.2, -0.15) is 0 Å². The number of benzene rings is 1. The molecule has 1 atom stereocenters. The van der Waals surface area contributed by atoms with Crippen LogP contribution in [0.2, 0.25) is 0 Å². The van der Waals surface area contributed by atoms with Crippen LogP contribution in [0, 0.1) is 0 Å². The predicted octanol–water partition coefficient (Wildman–Crippen LogP) is 1.56. The van der Waals surface area contributed by atoms with Crippen LogP contribution < -0.4 is 14.2 Å². The molecule has 7 heteroatoms. The summed E-state index contributed by atoms with van der Waals surface area (Å²) in [6.45, 7) is 1.38. The Labute approximate surface area is 139 Å². The van der Waals surface area contributed by atoms with Gasteiger partial charge in [0.1, 0.15) is 19.3 Å². The number of carboxylic acids is 1. The Kier molecular flexibility index (Phi) is 4.59. The third-order valence-electron chi connectivity index (χ3n) is 4.09. The van der Waals surface area contributed by atoms with Crippen molar-refractivity contribution in [2.75, 3.05) is 26.9 Å². The van der Waals surface area contributed by atoms with Crippen LogP contribution in [0.3, 0.4) is 0 Å². The SMILES string of the molecule is COc1cc(/C=C/C(=O)N2CCCC2C(=O)O)cc2c1OCCO2. The number of amides is 1. The fourth-order valence-corrected chi connectivity index (χ4v) is 2.94. The molecule has 1 unspecified atom stereocenters. The molecule has 2 aliphatic heterocycles. The first-order valence-electron chi connectivity index (χ1n) is 7.79. The fourth-order valence-electron chi connectivity index (χ4n) is 2.94. The molecular weight excluding hydrogens is 314 g/mol. The Bertz CT molecular complexity index is 667. The van der Waals surface area contributed by atoms with Crippen molar-refractivity contribution >= 4 is 18.0 Å². The number of carbonyl (C=O) groups is 2. The van der Waals surface area contributed by atoms with E-state index in [4.69, 9.17) is 19.3 Å². The summed E-state index contributed by atoms with van der Waals surface area (Å²) in [6, 6.07) is 2.77. The van der Waals surface area contributed by atoms with E-state index >= 15 is 0 Å². The van der Waals surface area contributed by atoms with E-state index in [-0.39, 0.29) is 5.91 Å². The third-order valence-corrected chi connectivity index (χ3v) is 4.09. The molecular formula is C17H19NO6. The molecule has 0 radical (unpaired) electrons. The van der Waals surface area contributed by atoms with Crippen LogP contribution in [-0.2, 0) is 9.59 Å². The molecule has 24 heavy (non-hydrogen) atoms. The van der Waals surface area contributed by atoms with E-state index < -0.39 is 12.0 Å². The quantitative estimate of drug-likeness (QED) is 0.842. The van der Waals surface area contributed by atoms with Gasteiger partial charge in [-0.25, -0.2) is 4.79 Å². The molecule has 0 bridgehead atoms. The van der Waals surface area contributed by atoms with Gasteiger partial charge in [0.15, 0.2) is 11.5 Å². The van der Waals surface area contributed by atoms with Crippen molar-refractivity contribution in [3.63, 3.8) is 0 Å². The van der Waals surface area contributed by atoms with Gasteiger partial charge in [0.05, 0.1) is 7.11 Å². The Balaban J connectivity index is 1.79. The van der Waals surface area contributed by atoms with Gasteiger partial charge in [-0.1, -0.05) is 0 Å². The second-order valence-electron chi connectivity index (χ2n) is 5.61. The highest BCUT2D eigenvalue weighted by atomic mass is 16.6. The second-order valence-corrected chi connectivity index (χ2v) is 5.61. The number of methoxy groups -OCH3 is 1. The second kappa shape index (κ2) is 6.82. The number of ether oxygens (including phenoxy) is 3. The first kappa shape index (κ1) is 16.2. The van der Waals surface area contributed by atoms with Gasteiger partial charge in [-0.3, -0.25) is 4.79 Å². The third kappa shape index (κ3) is 3.15. The molecule has 1 saturated heterocycles. The molecule has 1 amide bonds. The zero-order valence-corrected chi connectivity index (χ0v) is 13.4. The fraction of sp³-hybridized carbons (Fsp3) is 0.412.